The molecule has 0 aliphatic heterocycles. The monoisotopic (exact) mass is 390 g/mol. The molecule has 26 heavy (non-hydrogen) atoms. The highest BCUT2D eigenvalue weighted by Crippen LogP contribution is 2.31. The number of amides is 2. The zero-order valence-corrected chi connectivity index (χ0v) is 14.8. The van der Waals surface area contributed by atoms with E-state index >= 15 is 0 Å². The Kier molecular flexibility index (Phi) is 6.37. The molecule has 1 heterocycles. The molecule has 2 rings (SSSR count). The van der Waals surface area contributed by atoms with Crippen LogP contribution >= 0.6 is 11.3 Å². The lowest BCUT2D eigenvalue weighted by Crippen LogP contribution is -2.40. The third-order valence-electron chi connectivity index (χ3n) is 2.96. The first-order valence-electron chi connectivity index (χ1n) is 7.58. The zero-order valence-electron chi connectivity index (χ0n) is 13.9. The van der Waals surface area contributed by atoms with Gasteiger partial charge < -0.3 is 20.7 Å². The van der Waals surface area contributed by atoms with Crippen LogP contribution < -0.4 is 20.7 Å². The summed E-state index contributed by atoms with van der Waals surface area (Å²) in [7, 11) is 0. The van der Waals surface area contributed by atoms with E-state index in [0.29, 0.717) is 10.2 Å². The first kappa shape index (κ1) is 19.9. The molecular weight excluding hydrogens is 373 g/mol. The average molecular weight is 390 g/mol. The van der Waals surface area contributed by atoms with E-state index in [4.69, 9.17) is 0 Å². The first-order chi connectivity index (χ1) is 12.1. The maximum Gasteiger partial charge on any atom is 0.573 e. The molecule has 0 aliphatic rings. The van der Waals surface area contributed by atoms with Crippen LogP contribution in [-0.4, -0.2) is 42.3 Å². The molecule has 0 atom stereocenters. The predicted octanol–water partition coefficient (Wildman–Crippen LogP) is 2.25. The first-order valence-corrected chi connectivity index (χ1v) is 8.40. The second-order valence-electron chi connectivity index (χ2n) is 5.56. The summed E-state index contributed by atoms with van der Waals surface area (Å²) in [5.41, 5.74) is 0.421. The Hall–Kier alpha value is -2.40. The molecule has 2 aromatic rings. The lowest BCUT2D eigenvalue weighted by molar-refractivity contribution is -0.274. The van der Waals surface area contributed by atoms with Gasteiger partial charge in [0.25, 0.3) is 0 Å². The highest BCUT2D eigenvalue weighted by molar-refractivity contribution is 7.22. The van der Waals surface area contributed by atoms with Crippen molar-refractivity contribution < 1.29 is 27.5 Å². The largest absolute Gasteiger partial charge is 0.573 e. The molecule has 0 spiro atoms. The summed E-state index contributed by atoms with van der Waals surface area (Å²) in [6.07, 6.45) is -4.78. The summed E-state index contributed by atoms with van der Waals surface area (Å²) in [5, 5.41) is 8.06. The van der Waals surface area contributed by atoms with Crippen LogP contribution in [0.3, 0.4) is 0 Å². The molecule has 7 nitrogen and oxygen atoms in total. The van der Waals surface area contributed by atoms with Gasteiger partial charge in [0, 0.05) is 12.1 Å². The van der Waals surface area contributed by atoms with Gasteiger partial charge in [0.2, 0.25) is 11.8 Å². The molecule has 0 unspecified atom stereocenters. The normalized spacial score (nSPS) is 11.6. The molecule has 0 fully saturated rings. The summed E-state index contributed by atoms with van der Waals surface area (Å²) < 4.78 is 41.0. The van der Waals surface area contributed by atoms with Gasteiger partial charge in [-0.25, -0.2) is 4.98 Å². The van der Waals surface area contributed by atoms with Gasteiger partial charge in [0.05, 0.1) is 23.3 Å². The van der Waals surface area contributed by atoms with Crippen LogP contribution in [0.25, 0.3) is 10.2 Å². The quantitative estimate of drug-likeness (QED) is 0.674. The van der Waals surface area contributed by atoms with Crippen molar-refractivity contribution in [3.8, 4) is 5.75 Å². The molecule has 0 saturated carbocycles. The molecule has 1 aromatic heterocycles. The average Bonchev–Trinajstić information content (AvgIpc) is 2.90. The second-order valence-corrected chi connectivity index (χ2v) is 6.59. The number of aromatic nitrogens is 1. The van der Waals surface area contributed by atoms with Crippen molar-refractivity contribution in [2.75, 3.05) is 18.4 Å². The standard InChI is InChI=1S/C15H17F3N4O3S/c1-8(2)19-6-12(23)20-7-13(24)22-14-21-10-4-3-9(5-11(10)26-14)25-15(16,17)18/h3-5,8,19H,6-7H2,1-2H3,(H,20,23)(H,21,22,24). The second kappa shape index (κ2) is 8.32. The summed E-state index contributed by atoms with van der Waals surface area (Å²) >= 11 is 0.999. The Bertz CT molecular complexity index is 792. The van der Waals surface area contributed by atoms with Crippen molar-refractivity contribution >= 4 is 38.5 Å². The lowest BCUT2D eigenvalue weighted by atomic mass is 10.3. The van der Waals surface area contributed by atoms with Crippen molar-refractivity contribution in [1.82, 2.24) is 15.6 Å². The Balaban J connectivity index is 1.91. The van der Waals surface area contributed by atoms with Crippen LogP contribution in [0.2, 0.25) is 0 Å². The summed E-state index contributed by atoms with van der Waals surface area (Å²) in [6, 6.07) is 3.84. The summed E-state index contributed by atoms with van der Waals surface area (Å²) in [6.45, 7) is 3.63. The number of alkyl halides is 3. The number of nitrogens with zero attached hydrogens (tertiary/aromatic N) is 1. The van der Waals surface area contributed by atoms with Gasteiger partial charge in [-0.3, -0.25) is 9.59 Å². The molecular formula is C15H17F3N4O3S. The highest BCUT2D eigenvalue weighted by Gasteiger charge is 2.31. The van der Waals surface area contributed by atoms with E-state index < -0.39 is 12.3 Å². The molecule has 11 heteroatoms. The van der Waals surface area contributed by atoms with E-state index in [9.17, 15) is 22.8 Å². The minimum Gasteiger partial charge on any atom is -0.406 e. The topological polar surface area (TPSA) is 92.4 Å². The van der Waals surface area contributed by atoms with Crippen molar-refractivity contribution in [3.05, 3.63) is 18.2 Å². The smallest absolute Gasteiger partial charge is 0.406 e. The summed E-state index contributed by atoms with van der Waals surface area (Å²) in [5.74, 6) is -1.18. The number of benzene rings is 1. The number of ether oxygens (including phenoxy) is 1. The Morgan fingerprint density at radius 3 is 2.62 bits per heavy atom. The van der Waals surface area contributed by atoms with Gasteiger partial charge in [-0.15, -0.1) is 13.2 Å². The number of carbonyl (C=O) groups excluding carboxylic acids is 2. The number of hydrogen-bond acceptors (Lipinski definition) is 6. The van der Waals surface area contributed by atoms with Crippen LogP contribution in [-0.2, 0) is 9.59 Å². The van der Waals surface area contributed by atoms with Crippen molar-refractivity contribution in [1.29, 1.82) is 0 Å². The number of nitrogens with one attached hydrogen (secondary N) is 3. The molecule has 0 saturated heterocycles. The predicted molar refractivity (Wildman–Crippen MR) is 91.1 cm³/mol. The van der Waals surface area contributed by atoms with Crippen LogP contribution in [0.15, 0.2) is 18.2 Å². The molecule has 0 radical (unpaired) electrons. The molecule has 2 amide bonds. The van der Waals surface area contributed by atoms with Crippen molar-refractivity contribution in [2.24, 2.45) is 0 Å². The van der Waals surface area contributed by atoms with E-state index in [-0.39, 0.29) is 35.9 Å². The third-order valence-corrected chi connectivity index (χ3v) is 3.89. The van der Waals surface area contributed by atoms with E-state index in [0.717, 1.165) is 17.4 Å². The number of halogens is 3. The molecule has 1 aromatic carbocycles. The van der Waals surface area contributed by atoms with Crippen LogP contribution in [0.4, 0.5) is 18.3 Å². The zero-order chi connectivity index (χ0) is 19.3. The fourth-order valence-electron chi connectivity index (χ4n) is 1.86. The number of hydrogen-bond donors (Lipinski definition) is 3. The third kappa shape index (κ3) is 6.48. The van der Waals surface area contributed by atoms with Crippen molar-refractivity contribution in [2.45, 2.75) is 26.3 Å². The molecule has 3 N–H and O–H groups in total. The highest BCUT2D eigenvalue weighted by atomic mass is 32.1. The van der Waals surface area contributed by atoms with Gasteiger partial charge in [-0.2, -0.15) is 0 Å². The number of thiazole rings is 1. The SMILES string of the molecule is CC(C)NCC(=O)NCC(=O)Nc1nc2ccc(OC(F)(F)F)cc2s1. The Morgan fingerprint density at radius 1 is 1.23 bits per heavy atom. The van der Waals surface area contributed by atoms with Gasteiger partial charge in [0.1, 0.15) is 5.75 Å². The molecule has 142 valence electrons. The minimum atomic E-state index is -4.78. The van der Waals surface area contributed by atoms with Gasteiger partial charge in [-0.1, -0.05) is 25.2 Å². The molecule has 0 bridgehead atoms. The molecule has 0 aliphatic carbocycles. The van der Waals surface area contributed by atoms with Crippen LogP contribution in [0.5, 0.6) is 5.75 Å². The fraction of sp³-hybridized carbons (Fsp3) is 0.400. The Morgan fingerprint density at radius 2 is 1.96 bits per heavy atom. The van der Waals surface area contributed by atoms with E-state index in [1.54, 1.807) is 0 Å². The lowest BCUT2D eigenvalue weighted by Gasteiger charge is -2.08. The van der Waals surface area contributed by atoms with Crippen LogP contribution in [0, 0.1) is 0 Å². The number of anilines is 1. The Labute approximate surface area is 150 Å². The van der Waals surface area contributed by atoms with E-state index in [2.05, 4.69) is 25.7 Å². The van der Waals surface area contributed by atoms with E-state index in [1.165, 1.54) is 12.1 Å². The number of fused-ring (bicyclic) bond motifs is 1. The number of rotatable bonds is 7. The van der Waals surface area contributed by atoms with E-state index in [1.807, 2.05) is 13.8 Å². The maximum atomic E-state index is 12.2. The van der Waals surface area contributed by atoms with Gasteiger partial charge >= 0.3 is 6.36 Å². The van der Waals surface area contributed by atoms with Crippen molar-refractivity contribution in [3.63, 3.8) is 0 Å². The maximum absolute atomic E-state index is 12.2. The fourth-order valence-corrected chi connectivity index (χ4v) is 2.77. The minimum absolute atomic E-state index is 0.0913. The van der Waals surface area contributed by atoms with Crippen LogP contribution in [0.1, 0.15) is 13.8 Å². The van der Waals surface area contributed by atoms with Gasteiger partial charge in [-0.05, 0) is 12.1 Å². The number of carbonyl (C=O) groups is 2. The van der Waals surface area contributed by atoms with Gasteiger partial charge in [0.15, 0.2) is 5.13 Å². The summed E-state index contributed by atoms with van der Waals surface area (Å²) in [4.78, 5) is 27.5.